The molecular weight excluding hydrogens is 391 g/mol. The van der Waals surface area contributed by atoms with Gasteiger partial charge < -0.3 is 0 Å². The van der Waals surface area contributed by atoms with Crippen molar-refractivity contribution in [1.82, 2.24) is 0 Å². The Hall–Kier alpha value is -1.91. The standard InChI is InChI=1S/C30H35P/c1-4-14-24(15-5-1)27-20-10-12-22-29(27)31(26-18-8-3-9-19-26)30-23-13-11-21-28(30)25-16-6-2-7-17-25/h3,8-13,18-25H,1-2,4-7,14-17H2. The van der Waals surface area contributed by atoms with Crippen LogP contribution < -0.4 is 15.9 Å². The van der Waals surface area contributed by atoms with Crippen LogP contribution in [0.15, 0.2) is 78.9 Å². The van der Waals surface area contributed by atoms with Gasteiger partial charge in [0.2, 0.25) is 0 Å². The first-order valence-corrected chi connectivity index (χ1v) is 13.8. The average Bonchev–Trinajstić information content (AvgIpc) is 2.87. The molecule has 2 fully saturated rings. The summed E-state index contributed by atoms with van der Waals surface area (Å²) < 4.78 is 0. The third-order valence-corrected chi connectivity index (χ3v) is 10.1. The van der Waals surface area contributed by atoms with Gasteiger partial charge in [-0.15, -0.1) is 0 Å². The summed E-state index contributed by atoms with van der Waals surface area (Å²) in [6.07, 6.45) is 13.8. The van der Waals surface area contributed by atoms with Crippen molar-refractivity contribution in [2.45, 2.75) is 76.0 Å². The Balaban J connectivity index is 1.64. The van der Waals surface area contributed by atoms with Crippen molar-refractivity contribution in [2.24, 2.45) is 0 Å². The van der Waals surface area contributed by atoms with Crippen LogP contribution in [0.25, 0.3) is 0 Å². The third kappa shape index (κ3) is 4.65. The first-order chi connectivity index (χ1) is 15.4. The minimum Gasteiger partial charge on any atom is -0.0622 e. The molecule has 31 heavy (non-hydrogen) atoms. The van der Waals surface area contributed by atoms with Crippen LogP contribution in [0.3, 0.4) is 0 Å². The summed E-state index contributed by atoms with van der Waals surface area (Å²) in [5, 5.41) is 4.72. The highest BCUT2D eigenvalue weighted by molar-refractivity contribution is 7.80. The van der Waals surface area contributed by atoms with E-state index >= 15 is 0 Å². The average molecular weight is 427 g/mol. The molecule has 2 aliphatic carbocycles. The Bertz CT molecular complexity index is 903. The smallest absolute Gasteiger partial charge is 0.0116 e. The molecule has 5 rings (SSSR count). The number of hydrogen-bond donors (Lipinski definition) is 0. The van der Waals surface area contributed by atoms with Crippen molar-refractivity contribution in [2.75, 3.05) is 0 Å². The highest BCUT2D eigenvalue weighted by Gasteiger charge is 2.28. The Morgan fingerprint density at radius 2 is 0.871 bits per heavy atom. The lowest BCUT2D eigenvalue weighted by Gasteiger charge is -2.31. The van der Waals surface area contributed by atoms with E-state index in [9.17, 15) is 0 Å². The van der Waals surface area contributed by atoms with E-state index in [1.165, 1.54) is 69.5 Å². The summed E-state index contributed by atoms with van der Waals surface area (Å²) in [4.78, 5) is 0. The van der Waals surface area contributed by atoms with Gasteiger partial charge in [-0.3, -0.25) is 0 Å². The zero-order valence-corrected chi connectivity index (χ0v) is 19.6. The fourth-order valence-electron chi connectivity index (χ4n) is 5.88. The van der Waals surface area contributed by atoms with Gasteiger partial charge in [-0.25, -0.2) is 0 Å². The lowest BCUT2D eigenvalue weighted by Crippen LogP contribution is -2.28. The number of rotatable bonds is 5. The highest BCUT2D eigenvalue weighted by Crippen LogP contribution is 2.43. The van der Waals surface area contributed by atoms with Crippen LogP contribution in [0.2, 0.25) is 0 Å². The molecule has 3 aromatic rings. The summed E-state index contributed by atoms with van der Waals surface area (Å²) in [6, 6.07) is 30.3. The van der Waals surface area contributed by atoms with Gasteiger partial charge in [0.25, 0.3) is 0 Å². The molecule has 0 radical (unpaired) electrons. The molecule has 0 nitrogen and oxygen atoms in total. The molecule has 1 heteroatoms. The van der Waals surface area contributed by atoms with Crippen molar-refractivity contribution in [1.29, 1.82) is 0 Å². The third-order valence-electron chi connectivity index (χ3n) is 7.46. The Labute approximate surface area is 189 Å². The zero-order valence-electron chi connectivity index (χ0n) is 18.7. The van der Waals surface area contributed by atoms with Gasteiger partial charge in [-0.1, -0.05) is 117 Å². The van der Waals surface area contributed by atoms with E-state index in [-0.39, 0.29) is 0 Å². The summed E-state index contributed by atoms with van der Waals surface area (Å²) in [5.74, 6) is 1.47. The van der Waals surface area contributed by atoms with Crippen LogP contribution in [0.5, 0.6) is 0 Å². The van der Waals surface area contributed by atoms with Gasteiger partial charge in [0, 0.05) is 0 Å². The molecule has 0 N–H and O–H groups in total. The van der Waals surface area contributed by atoms with Crippen molar-refractivity contribution in [3.63, 3.8) is 0 Å². The topological polar surface area (TPSA) is 0 Å². The van der Waals surface area contributed by atoms with Gasteiger partial charge in [0.05, 0.1) is 0 Å². The normalized spacial score (nSPS) is 18.4. The summed E-state index contributed by atoms with van der Waals surface area (Å²) in [6.45, 7) is 0. The molecule has 0 spiro atoms. The van der Waals surface area contributed by atoms with E-state index in [0.717, 1.165) is 11.8 Å². The molecule has 160 valence electrons. The van der Waals surface area contributed by atoms with Gasteiger partial charge in [0.1, 0.15) is 0 Å². The molecule has 0 bridgehead atoms. The second kappa shape index (κ2) is 10.1. The van der Waals surface area contributed by atoms with Crippen LogP contribution in [-0.4, -0.2) is 0 Å². The van der Waals surface area contributed by atoms with Crippen molar-refractivity contribution in [3.05, 3.63) is 90.0 Å². The molecule has 0 aromatic heterocycles. The lowest BCUT2D eigenvalue weighted by atomic mass is 9.84. The number of hydrogen-bond acceptors (Lipinski definition) is 0. The van der Waals surface area contributed by atoms with Crippen LogP contribution in [0, 0.1) is 0 Å². The zero-order chi connectivity index (χ0) is 20.9. The monoisotopic (exact) mass is 426 g/mol. The Morgan fingerprint density at radius 3 is 1.35 bits per heavy atom. The molecule has 3 aromatic carbocycles. The van der Waals surface area contributed by atoms with E-state index < -0.39 is 7.92 Å². The maximum Gasteiger partial charge on any atom is -0.0116 e. The minimum absolute atomic E-state index is 0.537. The van der Waals surface area contributed by atoms with E-state index in [4.69, 9.17) is 0 Å². The predicted molar refractivity (Wildman–Crippen MR) is 137 cm³/mol. The molecule has 2 saturated carbocycles. The molecule has 0 unspecified atom stereocenters. The molecule has 0 heterocycles. The maximum atomic E-state index is 2.46. The van der Waals surface area contributed by atoms with Crippen molar-refractivity contribution in [3.8, 4) is 0 Å². The Morgan fingerprint density at radius 1 is 0.452 bits per heavy atom. The van der Waals surface area contributed by atoms with Crippen molar-refractivity contribution < 1.29 is 0 Å². The van der Waals surface area contributed by atoms with Gasteiger partial charge >= 0.3 is 0 Å². The second-order valence-electron chi connectivity index (χ2n) is 9.46. The molecule has 0 saturated heterocycles. The van der Waals surface area contributed by atoms with Gasteiger partial charge in [-0.05, 0) is 72.5 Å². The van der Waals surface area contributed by atoms with Crippen LogP contribution in [0.4, 0.5) is 0 Å². The van der Waals surface area contributed by atoms with E-state index in [0.29, 0.717) is 0 Å². The van der Waals surface area contributed by atoms with Gasteiger partial charge in [-0.2, -0.15) is 0 Å². The van der Waals surface area contributed by atoms with Crippen LogP contribution >= 0.6 is 7.92 Å². The molecule has 0 atom stereocenters. The quantitative estimate of drug-likeness (QED) is 0.370. The molecular formula is C30H35P. The fraction of sp³-hybridized carbons (Fsp3) is 0.400. The SMILES string of the molecule is c1ccc(P(c2ccccc2C2CCCCC2)c2ccccc2C2CCCCC2)cc1. The van der Waals surface area contributed by atoms with Gasteiger partial charge in [0.15, 0.2) is 0 Å². The second-order valence-corrected chi connectivity index (χ2v) is 11.6. The first kappa shape index (κ1) is 21.0. The summed E-state index contributed by atoms with van der Waals surface area (Å²) in [5.41, 5.74) is 3.27. The highest BCUT2D eigenvalue weighted by atomic mass is 31.1. The fourth-order valence-corrected chi connectivity index (χ4v) is 8.67. The molecule has 0 aliphatic heterocycles. The molecule has 2 aliphatic rings. The van der Waals surface area contributed by atoms with E-state index in [1.54, 1.807) is 21.7 Å². The number of benzene rings is 3. The summed E-state index contributed by atoms with van der Waals surface area (Å²) >= 11 is 0. The minimum atomic E-state index is -0.537. The van der Waals surface area contributed by atoms with E-state index in [2.05, 4.69) is 78.9 Å². The molecule has 0 amide bonds. The van der Waals surface area contributed by atoms with Crippen LogP contribution in [-0.2, 0) is 0 Å². The van der Waals surface area contributed by atoms with Crippen LogP contribution in [0.1, 0.15) is 87.2 Å². The predicted octanol–water partition coefficient (Wildman–Crippen LogP) is 7.54. The van der Waals surface area contributed by atoms with E-state index in [1.807, 2.05) is 0 Å². The maximum absolute atomic E-state index is 2.46. The lowest BCUT2D eigenvalue weighted by molar-refractivity contribution is 0.444. The first-order valence-electron chi connectivity index (χ1n) is 12.4. The Kier molecular flexibility index (Phi) is 6.86. The summed E-state index contributed by atoms with van der Waals surface area (Å²) in [7, 11) is -0.537. The largest absolute Gasteiger partial charge is 0.0622 e. The van der Waals surface area contributed by atoms with Crippen molar-refractivity contribution >= 4 is 23.8 Å².